The number of alkyl halides is 2. The number of ether oxygens (including phenoxy) is 1. The molecule has 0 saturated heterocycles. The number of nitrogens with zero attached hydrogens (tertiary/aromatic N) is 2. The zero-order chi connectivity index (χ0) is 12.0. The number of nitrogens with two attached hydrogens (primary N) is 1. The van der Waals surface area contributed by atoms with Crippen molar-refractivity contribution in [3.8, 4) is 0 Å². The standard InChI is InChI=1S/C8H13F2N3O3/c9-6(10)4-15-2-1-7-12-8(16-13-7)5(14)3-11/h5-6,14H,1-4,11H2/t5-/m0/s1. The Bertz CT molecular complexity index is 308. The SMILES string of the molecule is NC[C@H](O)c1nc(CCOCC(F)F)no1. The Balaban J connectivity index is 2.29. The maximum Gasteiger partial charge on any atom is 0.261 e. The van der Waals surface area contributed by atoms with Crippen LogP contribution in [0.2, 0.25) is 0 Å². The molecule has 0 aliphatic rings. The highest BCUT2D eigenvalue weighted by molar-refractivity contribution is 4.90. The largest absolute Gasteiger partial charge is 0.382 e. The summed E-state index contributed by atoms with van der Waals surface area (Å²) < 4.78 is 32.7. The first kappa shape index (κ1) is 12.9. The Kier molecular flexibility index (Phi) is 5.23. The first-order chi connectivity index (χ1) is 7.63. The van der Waals surface area contributed by atoms with E-state index in [4.69, 9.17) is 10.3 Å². The normalized spacial score (nSPS) is 13.3. The van der Waals surface area contributed by atoms with E-state index >= 15 is 0 Å². The maximum absolute atomic E-state index is 11.7. The number of hydrogen-bond acceptors (Lipinski definition) is 6. The summed E-state index contributed by atoms with van der Waals surface area (Å²) in [5.41, 5.74) is 5.18. The lowest BCUT2D eigenvalue weighted by atomic mass is 10.3. The van der Waals surface area contributed by atoms with Crippen LogP contribution in [0.25, 0.3) is 0 Å². The van der Waals surface area contributed by atoms with Gasteiger partial charge in [-0.15, -0.1) is 0 Å². The van der Waals surface area contributed by atoms with E-state index < -0.39 is 19.1 Å². The van der Waals surface area contributed by atoms with E-state index in [1.165, 1.54) is 0 Å². The average Bonchev–Trinajstić information content (AvgIpc) is 2.71. The molecule has 0 amide bonds. The molecule has 1 aromatic heterocycles. The molecule has 0 bridgehead atoms. The Morgan fingerprint density at radius 1 is 1.50 bits per heavy atom. The molecule has 0 saturated carbocycles. The van der Waals surface area contributed by atoms with Crippen molar-refractivity contribution < 1.29 is 23.1 Å². The molecule has 8 heteroatoms. The van der Waals surface area contributed by atoms with Crippen molar-refractivity contribution in [3.63, 3.8) is 0 Å². The van der Waals surface area contributed by atoms with Crippen LogP contribution in [0.1, 0.15) is 17.8 Å². The second-order valence-electron chi connectivity index (χ2n) is 3.02. The maximum atomic E-state index is 11.7. The minimum Gasteiger partial charge on any atom is -0.382 e. The Morgan fingerprint density at radius 2 is 2.25 bits per heavy atom. The fraction of sp³-hybridized carbons (Fsp3) is 0.750. The van der Waals surface area contributed by atoms with Crippen LogP contribution in [-0.4, -0.2) is 41.4 Å². The van der Waals surface area contributed by atoms with Crippen molar-refractivity contribution in [2.75, 3.05) is 19.8 Å². The molecule has 0 aliphatic carbocycles. The monoisotopic (exact) mass is 237 g/mol. The predicted octanol–water partition coefficient (Wildman–Crippen LogP) is -0.114. The van der Waals surface area contributed by atoms with Gasteiger partial charge in [-0.2, -0.15) is 4.98 Å². The minimum absolute atomic E-state index is 0.0198. The molecular weight excluding hydrogens is 224 g/mol. The van der Waals surface area contributed by atoms with E-state index in [2.05, 4.69) is 14.9 Å². The lowest BCUT2D eigenvalue weighted by Crippen LogP contribution is -2.12. The number of halogens is 2. The molecular formula is C8H13F2N3O3. The number of aliphatic hydroxyl groups excluding tert-OH is 1. The van der Waals surface area contributed by atoms with E-state index in [0.29, 0.717) is 0 Å². The molecule has 0 aliphatic heterocycles. The van der Waals surface area contributed by atoms with E-state index in [1.54, 1.807) is 0 Å². The van der Waals surface area contributed by atoms with Crippen LogP contribution in [0, 0.1) is 0 Å². The number of aliphatic hydroxyl groups is 1. The highest BCUT2D eigenvalue weighted by Crippen LogP contribution is 2.08. The number of aromatic nitrogens is 2. The van der Waals surface area contributed by atoms with Gasteiger partial charge in [0.1, 0.15) is 12.7 Å². The third-order valence-electron chi connectivity index (χ3n) is 1.71. The van der Waals surface area contributed by atoms with Gasteiger partial charge in [0.2, 0.25) is 0 Å². The summed E-state index contributed by atoms with van der Waals surface area (Å²) in [4.78, 5) is 3.82. The molecule has 0 unspecified atom stereocenters. The highest BCUT2D eigenvalue weighted by atomic mass is 19.3. The van der Waals surface area contributed by atoms with Gasteiger partial charge in [0.05, 0.1) is 6.61 Å². The van der Waals surface area contributed by atoms with Crippen molar-refractivity contribution in [2.45, 2.75) is 19.0 Å². The van der Waals surface area contributed by atoms with Crippen molar-refractivity contribution in [2.24, 2.45) is 5.73 Å². The molecule has 1 atom stereocenters. The van der Waals surface area contributed by atoms with Crippen molar-refractivity contribution in [1.29, 1.82) is 0 Å². The topological polar surface area (TPSA) is 94.4 Å². The lowest BCUT2D eigenvalue weighted by molar-refractivity contribution is 0.0182. The van der Waals surface area contributed by atoms with Gasteiger partial charge in [0, 0.05) is 13.0 Å². The summed E-state index contributed by atoms with van der Waals surface area (Å²) in [7, 11) is 0. The zero-order valence-electron chi connectivity index (χ0n) is 8.47. The molecule has 92 valence electrons. The van der Waals surface area contributed by atoms with E-state index in [9.17, 15) is 13.9 Å². The summed E-state index contributed by atoms with van der Waals surface area (Å²) >= 11 is 0. The van der Waals surface area contributed by atoms with Crippen LogP contribution in [0.4, 0.5) is 8.78 Å². The zero-order valence-corrected chi connectivity index (χ0v) is 8.47. The first-order valence-electron chi connectivity index (χ1n) is 4.70. The molecule has 0 fully saturated rings. The number of rotatable bonds is 7. The van der Waals surface area contributed by atoms with E-state index in [-0.39, 0.29) is 31.3 Å². The molecule has 0 radical (unpaired) electrons. The number of hydrogen-bond donors (Lipinski definition) is 2. The fourth-order valence-electron chi connectivity index (χ4n) is 0.941. The summed E-state index contributed by atoms with van der Waals surface area (Å²) in [6.45, 7) is -0.568. The summed E-state index contributed by atoms with van der Waals surface area (Å²) in [6, 6.07) is 0. The van der Waals surface area contributed by atoms with E-state index in [1.807, 2.05) is 0 Å². The van der Waals surface area contributed by atoms with Crippen molar-refractivity contribution >= 4 is 0 Å². The van der Waals surface area contributed by atoms with Crippen LogP contribution in [0.15, 0.2) is 4.52 Å². The summed E-state index contributed by atoms with van der Waals surface area (Å²) in [6.07, 6.45) is -3.24. The van der Waals surface area contributed by atoms with Gasteiger partial charge in [-0.3, -0.25) is 0 Å². The van der Waals surface area contributed by atoms with Gasteiger partial charge in [0.15, 0.2) is 5.82 Å². The van der Waals surface area contributed by atoms with Crippen molar-refractivity contribution in [3.05, 3.63) is 11.7 Å². The van der Waals surface area contributed by atoms with Gasteiger partial charge in [0.25, 0.3) is 12.3 Å². The molecule has 0 spiro atoms. The quantitative estimate of drug-likeness (QED) is 0.642. The third kappa shape index (κ3) is 4.17. The predicted molar refractivity (Wildman–Crippen MR) is 48.8 cm³/mol. The highest BCUT2D eigenvalue weighted by Gasteiger charge is 2.14. The second kappa shape index (κ2) is 6.46. The fourth-order valence-corrected chi connectivity index (χ4v) is 0.941. The van der Waals surface area contributed by atoms with Crippen LogP contribution < -0.4 is 5.73 Å². The van der Waals surface area contributed by atoms with Gasteiger partial charge in [-0.1, -0.05) is 5.16 Å². The third-order valence-corrected chi connectivity index (χ3v) is 1.71. The van der Waals surface area contributed by atoms with Gasteiger partial charge in [-0.05, 0) is 0 Å². The summed E-state index contributed by atoms with van der Waals surface area (Å²) in [5, 5.41) is 12.8. The Hall–Kier alpha value is -1.12. The Morgan fingerprint density at radius 3 is 2.88 bits per heavy atom. The van der Waals surface area contributed by atoms with Gasteiger partial charge >= 0.3 is 0 Å². The molecule has 1 heterocycles. The van der Waals surface area contributed by atoms with Crippen LogP contribution in [0.3, 0.4) is 0 Å². The smallest absolute Gasteiger partial charge is 0.261 e. The molecule has 0 aromatic carbocycles. The summed E-state index contributed by atoms with van der Waals surface area (Å²) in [5.74, 6) is 0.308. The second-order valence-corrected chi connectivity index (χ2v) is 3.02. The van der Waals surface area contributed by atoms with Crippen LogP contribution in [-0.2, 0) is 11.2 Å². The van der Waals surface area contributed by atoms with Gasteiger partial charge in [-0.25, -0.2) is 8.78 Å². The average molecular weight is 237 g/mol. The molecule has 1 rings (SSSR count). The van der Waals surface area contributed by atoms with Gasteiger partial charge < -0.3 is 20.1 Å². The molecule has 3 N–H and O–H groups in total. The van der Waals surface area contributed by atoms with Crippen LogP contribution >= 0.6 is 0 Å². The lowest BCUT2D eigenvalue weighted by Gasteiger charge is -2.00. The molecule has 1 aromatic rings. The Labute approximate surface area is 90.4 Å². The van der Waals surface area contributed by atoms with Crippen LogP contribution in [0.5, 0.6) is 0 Å². The van der Waals surface area contributed by atoms with Crippen molar-refractivity contribution in [1.82, 2.24) is 10.1 Å². The minimum atomic E-state index is -2.49. The molecule has 6 nitrogen and oxygen atoms in total. The van der Waals surface area contributed by atoms with E-state index in [0.717, 1.165) is 0 Å². The molecule has 16 heavy (non-hydrogen) atoms. The first-order valence-corrected chi connectivity index (χ1v) is 4.70.